The molecule has 0 saturated heterocycles. The second-order valence-electron chi connectivity index (χ2n) is 19.5. The zero-order valence-corrected chi connectivity index (χ0v) is 43.2. The van der Waals surface area contributed by atoms with Gasteiger partial charge in [-0.2, -0.15) is 0 Å². The molecule has 67 heavy (non-hydrogen) atoms. The van der Waals surface area contributed by atoms with Crippen molar-refractivity contribution in [2.75, 3.05) is 0 Å². The van der Waals surface area contributed by atoms with Gasteiger partial charge >= 0.3 is 104 Å². The summed E-state index contributed by atoms with van der Waals surface area (Å²) in [5, 5.41) is 2.74. The van der Waals surface area contributed by atoms with Crippen LogP contribution in [0.15, 0.2) is 138 Å². The number of benzene rings is 5. The molecule has 0 bridgehead atoms. The Morgan fingerprint density at radius 2 is 1.52 bits per heavy atom. The van der Waals surface area contributed by atoms with Gasteiger partial charge in [0.1, 0.15) is 0 Å². The first-order chi connectivity index (χ1) is 33.0. The van der Waals surface area contributed by atoms with Crippen LogP contribution in [0, 0.1) is 24.8 Å². The fourth-order valence-corrected chi connectivity index (χ4v) is 11.4. The third-order valence-electron chi connectivity index (χ3n) is 12.9. The predicted octanol–water partition coefficient (Wildman–Crippen LogP) is 14.9. The molecule has 1 aliphatic rings. The van der Waals surface area contributed by atoms with E-state index in [1.54, 1.807) is 18.2 Å². The number of imidazole rings is 1. The van der Waals surface area contributed by atoms with Gasteiger partial charge in [0.2, 0.25) is 5.71 Å². The Balaban J connectivity index is 0.000000286. The first-order valence-electron chi connectivity index (χ1n) is 24.4. The van der Waals surface area contributed by atoms with E-state index in [1.165, 1.54) is 35.3 Å². The minimum Gasteiger partial charge on any atom is 0 e. The third-order valence-corrected chi connectivity index (χ3v) is 17.2. The smallest absolute Gasteiger partial charge is 0 e. The number of nitrogens with zero attached hydrogens (tertiary/aromatic N) is 5. The Hall–Kier alpha value is -5.80. The normalized spacial score (nSPS) is 14.3. The van der Waals surface area contributed by atoms with Crippen LogP contribution in [-0.4, -0.2) is 37.8 Å². The van der Waals surface area contributed by atoms with Crippen molar-refractivity contribution in [1.82, 2.24) is 24.5 Å². The van der Waals surface area contributed by atoms with E-state index >= 15 is 0 Å². The first kappa shape index (κ1) is 42.5. The molecule has 0 unspecified atom stereocenters. The standard InChI is InChI=1S/C44H39N4O.C14H15FGeN.Ir/c1-27-18-20-33-37(45-27)23-24-38-40(33)48(39-25-19-30(44(2,3)4)26-35(39)28-12-7-5-8-13-28)42(46-38)34-17-11-16-31-32-21-22-36(29-14-9-6-10-15-29)47-43(32)49-41(31)34;1-16(2,3)11-8-9-14(17-10-11)12-6-4-5-7-13(12)15;/h5,7-8,11-13,16,18-26,29H,6,9-10,14-15H2,1-4H3;4-5,7-10H,1-3H3;/q2*-1;/i1D3;;. The number of halogens is 1. The van der Waals surface area contributed by atoms with Crippen LogP contribution >= 0.6 is 0 Å². The Kier molecular flexibility index (Phi) is 11.9. The molecule has 339 valence electrons. The minimum atomic E-state index is -2.32. The Morgan fingerprint density at radius 1 is 0.746 bits per heavy atom. The van der Waals surface area contributed by atoms with E-state index < -0.39 is 20.1 Å². The van der Waals surface area contributed by atoms with Crippen LogP contribution in [0.5, 0.6) is 0 Å². The van der Waals surface area contributed by atoms with Crippen molar-refractivity contribution in [3.63, 3.8) is 0 Å². The zero-order valence-electron chi connectivity index (χ0n) is 41.7. The molecule has 1 fully saturated rings. The average Bonchev–Trinajstić information content (AvgIpc) is 3.93. The van der Waals surface area contributed by atoms with Crippen molar-refractivity contribution in [3.8, 4) is 39.5 Å². The summed E-state index contributed by atoms with van der Waals surface area (Å²) in [7, 11) is 0. The molecule has 10 aromatic rings. The van der Waals surface area contributed by atoms with Gasteiger partial charge in [0, 0.05) is 63.5 Å². The number of furan rings is 1. The second-order valence-corrected chi connectivity index (χ2v) is 30.2. The van der Waals surface area contributed by atoms with Gasteiger partial charge in [-0.3, -0.25) is 9.97 Å². The summed E-state index contributed by atoms with van der Waals surface area (Å²) >= 11 is -1.83. The fourth-order valence-electron chi connectivity index (χ4n) is 9.25. The van der Waals surface area contributed by atoms with Crippen molar-refractivity contribution in [2.45, 2.75) is 88.3 Å². The molecule has 0 spiro atoms. The maximum absolute atomic E-state index is 13.6. The number of fused-ring (bicyclic) bond motifs is 6. The molecule has 1 radical (unpaired) electrons. The van der Waals surface area contributed by atoms with E-state index in [2.05, 4.69) is 125 Å². The van der Waals surface area contributed by atoms with Crippen LogP contribution in [0.4, 0.5) is 4.39 Å². The maximum Gasteiger partial charge on any atom is 0 e. The van der Waals surface area contributed by atoms with Gasteiger partial charge in [-0.15, -0.1) is 18.2 Å². The molecule has 1 aliphatic carbocycles. The zero-order chi connectivity index (χ0) is 48.2. The molecule has 5 heterocycles. The average molecular weight is 1120 g/mol. The molecule has 11 rings (SSSR count). The van der Waals surface area contributed by atoms with Crippen molar-refractivity contribution in [3.05, 3.63) is 168 Å². The summed E-state index contributed by atoms with van der Waals surface area (Å²) in [6, 6.07) is 47.8. The van der Waals surface area contributed by atoms with Crippen molar-refractivity contribution < 1.29 is 33.0 Å². The molecule has 9 heteroatoms. The molecule has 5 aromatic heterocycles. The molecule has 0 aliphatic heterocycles. The van der Waals surface area contributed by atoms with Crippen LogP contribution in [0.2, 0.25) is 17.3 Å². The number of hydrogen-bond acceptors (Lipinski definition) is 5. The fraction of sp³-hybridized carbons (Fsp3) is 0.241. The van der Waals surface area contributed by atoms with Crippen LogP contribution in [0.25, 0.3) is 83.5 Å². The van der Waals surface area contributed by atoms with E-state index in [0.29, 0.717) is 39.8 Å². The topological polar surface area (TPSA) is 69.6 Å². The third kappa shape index (κ3) is 9.16. The largest absolute Gasteiger partial charge is 0 e. The van der Waals surface area contributed by atoms with E-state index in [-0.39, 0.29) is 37.0 Å². The molecular formula is C58H54FGeIrN5O-2. The van der Waals surface area contributed by atoms with Crippen molar-refractivity contribution in [2.24, 2.45) is 0 Å². The van der Waals surface area contributed by atoms with Gasteiger partial charge in [-0.1, -0.05) is 87.4 Å². The molecule has 6 nitrogen and oxygen atoms in total. The Labute approximate surface area is 413 Å². The maximum atomic E-state index is 13.6. The van der Waals surface area contributed by atoms with Crippen LogP contribution in [-0.2, 0) is 25.5 Å². The van der Waals surface area contributed by atoms with Gasteiger partial charge < -0.3 is 8.98 Å². The summed E-state index contributed by atoms with van der Waals surface area (Å²) < 4.78 is 47.8. The first-order valence-corrected chi connectivity index (χ1v) is 30.3. The molecule has 0 atom stereocenters. The number of aromatic nitrogens is 5. The Bertz CT molecular complexity index is 3520. The predicted molar refractivity (Wildman–Crippen MR) is 272 cm³/mol. The Morgan fingerprint density at radius 3 is 2.25 bits per heavy atom. The number of pyridine rings is 3. The SMILES string of the molecule is [2H]C([2H])([2H])c1ccc2c(ccc3nc(-c4[c-]ccc5c4oc4nc(C6CCCCC6)ccc45)n(-c4ccc(C(C)(C)C)cc4-c4ccccc4)c32)n1.[CH3][Ge]([CH3])([CH3])[c]1ccc(-c2[c-]cccc2F)nc1.[Ir]. The molecular weight excluding hydrogens is 1070 g/mol. The summed E-state index contributed by atoms with van der Waals surface area (Å²) in [5.74, 6) is 7.79. The summed E-state index contributed by atoms with van der Waals surface area (Å²) in [5.41, 5.74) is 10.7. The van der Waals surface area contributed by atoms with Crippen molar-refractivity contribution >= 4 is 61.7 Å². The number of aryl methyl sites for hydroxylation is 1. The summed E-state index contributed by atoms with van der Waals surface area (Å²) in [4.78, 5) is 19.4. The van der Waals surface area contributed by atoms with Crippen LogP contribution in [0.1, 0.15) is 79.9 Å². The summed E-state index contributed by atoms with van der Waals surface area (Å²) in [6.07, 6.45) is 7.98. The van der Waals surface area contributed by atoms with Gasteiger partial charge in [0.15, 0.2) is 0 Å². The second kappa shape index (κ2) is 18.7. The van der Waals surface area contributed by atoms with Gasteiger partial charge in [0.05, 0.1) is 28.0 Å². The van der Waals surface area contributed by atoms with E-state index in [4.69, 9.17) is 18.5 Å². The van der Waals surface area contributed by atoms with E-state index in [0.717, 1.165) is 68.1 Å². The van der Waals surface area contributed by atoms with E-state index in [9.17, 15) is 4.39 Å². The minimum absolute atomic E-state index is 0. The number of hydrogen-bond donors (Lipinski definition) is 0. The van der Waals surface area contributed by atoms with Crippen LogP contribution in [0.3, 0.4) is 0 Å². The van der Waals surface area contributed by atoms with Gasteiger partial charge in [0.25, 0.3) is 0 Å². The monoisotopic (exact) mass is 1130 g/mol. The molecule has 0 N–H and O–H groups in total. The number of rotatable bonds is 6. The quantitative estimate of drug-likeness (QED) is 0.123. The van der Waals surface area contributed by atoms with Crippen LogP contribution < -0.4 is 4.40 Å². The van der Waals surface area contributed by atoms with Crippen molar-refractivity contribution in [1.29, 1.82) is 0 Å². The summed E-state index contributed by atoms with van der Waals surface area (Å²) in [6.45, 7) is 4.35. The molecule has 5 aromatic carbocycles. The van der Waals surface area contributed by atoms with Gasteiger partial charge in [-0.25, -0.2) is 4.98 Å². The molecule has 1 saturated carbocycles. The van der Waals surface area contributed by atoms with E-state index in [1.807, 2.05) is 48.7 Å². The van der Waals surface area contributed by atoms with Gasteiger partial charge in [-0.05, 0) is 84.8 Å². The molecule has 0 amide bonds.